The number of fused-ring (bicyclic) bond motifs is 1. The minimum atomic E-state index is -0.457. The van der Waals surface area contributed by atoms with Crippen molar-refractivity contribution in [1.82, 2.24) is 19.1 Å². The molecule has 2 heterocycles. The Kier molecular flexibility index (Phi) is 7.04. The van der Waals surface area contributed by atoms with Crippen LogP contribution in [0.1, 0.15) is 41.4 Å². The number of benzene rings is 2. The van der Waals surface area contributed by atoms with E-state index in [1.165, 1.54) is 18.9 Å². The fourth-order valence-electron chi connectivity index (χ4n) is 4.03. The van der Waals surface area contributed by atoms with Gasteiger partial charge >= 0.3 is 5.97 Å². The smallest absolute Gasteiger partial charge is 0.356 e. The van der Waals surface area contributed by atoms with Crippen LogP contribution in [0, 0.1) is 0 Å². The van der Waals surface area contributed by atoms with Gasteiger partial charge in [0.2, 0.25) is 0 Å². The maximum absolute atomic E-state index is 12.1. The first-order chi connectivity index (χ1) is 16.4. The lowest BCUT2D eigenvalue weighted by molar-refractivity contribution is 0.0589. The Morgan fingerprint density at radius 3 is 2.56 bits per heavy atom. The van der Waals surface area contributed by atoms with Crippen molar-refractivity contribution in [2.75, 3.05) is 20.8 Å². The molecule has 0 aliphatic carbocycles. The summed E-state index contributed by atoms with van der Waals surface area (Å²) in [4.78, 5) is 21.1. The molecule has 0 atom stereocenters. The van der Waals surface area contributed by atoms with Gasteiger partial charge in [-0.2, -0.15) is 0 Å². The number of ether oxygens (including phenoxy) is 2. The summed E-state index contributed by atoms with van der Waals surface area (Å²) >= 11 is 3.73. The van der Waals surface area contributed by atoms with Gasteiger partial charge in [-0.15, -0.1) is 0 Å². The van der Waals surface area contributed by atoms with E-state index in [0.29, 0.717) is 36.0 Å². The molecule has 4 rings (SSSR count). The maximum Gasteiger partial charge on any atom is 0.356 e. The molecule has 9 heteroatoms. The molecule has 4 aromatic rings. The first-order valence-electron chi connectivity index (χ1n) is 10.9. The molecule has 0 radical (unpaired) electrons. The number of methoxy groups -OCH3 is 2. The third-order valence-corrected chi connectivity index (χ3v) is 6.71. The second kappa shape index (κ2) is 9.99. The second-order valence-electron chi connectivity index (χ2n) is 8.23. The summed E-state index contributed by atoms with van der Waals surface area (Å²) in [5, 5.41) is 9.80. The summed E-state index contributed by atoms with van der Waals surface area (Å²) in [5.41, 5.74) is 4.91. The van der Waals surface area contributed by atoms with Gasteiger partial charge in [0.1, 0.15) is 28.3 Å². The highest BCUT2D eigenvalue weighted by atomic mass is 79.9. The van der Waals surface area contributed by atoms with Crippen molar-refractivity contribution in [2.45, 2.75) is 32.9 Å². The van der Waals surface area contributed by atoms with Crippen molar-refractivity contribution in [3.05, 3.63) is 64.1 Å². The Morgan fingerprint density at radius 1 is 1.21 bits per heavy atom. The molecule has 0 aliphatic heterocycles. The van der Waals surface area contributed by atoms with Crippen LogP contribution in [0.15, 0.2) is 47.3 Å². The van der Waals surface area contributed by atoms with Crippen molar-refractivity contribution in [1.29, 1.82) is 0 Å². The third kappa shape index (κ3) is 4.33. The van der Waals surface area contributed by atoms with Crippen LogP contribution in [0.25, 0.3) is 22.4 Å². The average molecular weight is 527 g/mol. The number of nitrogens with zero attached hydrogens (tertiary/aromatic N) is 4. The number of carbonyl (C=O) groups is 1. The number of aliphatic hydroxyl groups is 1. The Bertz CT molecular complexity index is 1330. The number of hydrogen-bond donors (Lipinski definition) is 1. The molecule has 0 saturated carbocycles. The standard InChI is InChI=1S/C25H27BrN4O4/c1-15(2)16-5-7-17(8-6-16)24-28-22-21(26)18(11-20(33-3)23(22)30(24)9-10-31)13-29-14-27-12-19(29)25(32)34-4/h5-8,11-12,14-15,31H,9-10,13H2,1-4H3. The number of aromatic nitrogens is 4. The number of rotatable bonds is 8. The number of aliphatic hydroxyl groups excluding tert-OH is 1. The fourth-order valence-corrected chi connectivity index (χ4v) is 4.54. The molecule has 0 spiro atoms. The zero-order valence-electron chi connectivity index (χ0n) is 19.6. The minimum absolute atomic E-state index is 0.0391. The van der Waals surface area contributed by atoms with E-state index in [2.05, 4.69) is 59.0 Å². The van der Waals surface area contributed by atoms with Gasteiger partial charge in [-0.1, -0.05) is 38.1 Å². The molecule has 0 bridgehead atoms. The van der Waals surface area contributed by atoms with E-state index in [0.717, 1.165) is 26.9 Å². The lowest BCUT2D eigenvalue weighted by atomic mass is 10.0. The molecule has 34 heavy (non-hydrogen) atoms. The van der Waals surface area contributed by atoms with Crippen LogP contribution >= 0.6 is 15.9 Å². The Morgan fingerprint density at radius 2 is 1.94 bits per heavy atom. The second-order valence-corrected chi connectivity index (χ2v) is 9.03. The third-order valence-electron chi connectivity index (χ3n) is 5.82. The predicted molar refractivity (Wildman–Crippen MR) is 133 cm³/mol. The normalized spacial score (nSPS) is 11.4. The highest BCUT2D eigenvalue weighted by molar-refractivity contribution is 9.10. The van der Waals surface area contributed by atoms with Gasteiger partial charge in [-0.25, -0.2) is 14.8 Å². The van der Waals surface area contributed by atoms with Crippen LogP contribution in [0.2, 0.25) is 0 Å². The number of carbonyl (C=O) groups excluding carboxylic acids is 1. The van der Waals surface area contributed by atoms with Crippen LogP contribution < -0.4 is 4.74 Å². The van der Waals surface area contributed by atoms with Gasteiger partial charge < -0.3 is 23.7 Å². The fraction of sp³-hybridized carbons (Fsp3) is 0.320. The van der Waals surface area contributed by atoms with E-state index >= 15 is 0 Å². The summed E-state index contributed by atoms with van der Waals surface area (Å²) in [6.07, 6.45) is 3.06. The summed E-state index contributed by atoms with van der Waals surface area (Å²) in [7, 11) is 2.95. The number of hydrogen-bond acceptors (Lipinski definition) is 6. The van der Waals surface area contributed by atoms with Crippen molar-refractivity contribution in [3.63, 3.8) is 0 Å². The molecular formula is C25H27BrN4O4. The largest absolute Gasteiger partial charge is 0.494 e. The van der Waals surface area contributed by atoms with E-state index in [1.54, 1.807) is 18.0 Å². The topological polar surface area (TPSA) is 91.4 Å². The van der Waals surface area contributed by atoms with Crippen molar-refractivity contribution in [3.8, 4) is 17.1 Å². The first-order valence-corrected chi connectivity index (χ1v) is 11.7. The number of halogens is 1. The quantitative estimate of drug-likeness (QED) is 0.337. The first kappa shape index (κ1) is 24.0. The van der Waals surface area contributed by atoms with E-state index in [9.17, 15) is 9.90 Å². The molecule has 0 aliphatic rings. The van der Waals surface area contributed by atoms with Gasteiger partial charge in [-0.3, -0.25) is 0 Å². The Hall–Kier alpha value is -3.17. The highest BCUT2D eigenvalue weighted by Crippen LogP contribution is 2.38. The molecule has 8 nitrogen and oxygen atoms in total. The summed E-state index contributed by atoms with van der Waals surface area (Å²) in [6.45, 7) is 5.01. The Labute approximate surface area is 206 Å². The SMILES string of the molecule is COC(=O)c1cncn1Cc1cc(OC)c2c(nc(-c3ccc(C(C)C)cc3)n2CCO)c1Br. The molecule has 2 aromatic carbocycles. The zero-order valence-corrected chi connectivity index (χ0v) is 21.2. The van der Waals surface area contributed by atoms with E-state index in [1.807, 2.05) is 10.6 Å². The van der Waals surface area contributed by atoms with E-state index in [4.69, 9.17) is 14.5 Å². The van der Waals surface area contributed by atoms with Gasteiger partial charge in [0.15, 0.2) is 0 Å². The molecule has 0 unspecified atom stereocenters. The number of esters is 1. The van der Waals surface area contributed by atoms with Crippen LogP contribution in [0.4, 0.5) is 0 Å². The lowest BCUT2D eigenvalue weighted by Crippen LogP contribution is -2.11. The zero-order chi connectivity index (χ0) is 24.4. The maximum atomic E-state index is 12.1. The lowest BCUT2D eigenvalue weighted by Gasteiger charge is -2.14. The Balaban J connectivity index is 1.87. The summed E-state index contributed by atoms with van der Waals surface area (Å²) in [5.74, 6) is 1.34. The molecule has 2 aromatic heterocycles. The molecule has 178 valence electrons. The van der Waals surface area contributed by atoms with Crippen molar-refractivity contribution in [2.24, 2.45) is 0 Å². The van der Waals surface area contributed by atoms with Crippen molar-refractivity contribution < 1.29 is 19.4 Å². The number of imidazole rings is 2. The van der Waals surface area contributed by atoms with Crippen LogP contribution in [0.5, 0.6) is 5.75 Å². The van der Waals surface area contributed by atoms with Crippen LogP contribution in [0.3, 0.4) is 0 Å². The van der Waals surface area contributed by atoms with Crippen molar-refractivity contribution >= 4 is 32.9 Å². The van der Waals surface area contributed by atoms with Gasteiger partial charge in [0.05, 0.1) is 44.4 Å². The predicted octanol–water partition coefficient (Wildman–Crippen LogP) is 4.62. The molecule has 1 N–H and O–H groups in total. The van der Waals surface area contributed by atoms with Crippen LogP contribution in [-0.2, 0) is 17.8 Å². The minimum Gasteiger partial charge on any atom is -0.494 e. The van der Waals surface area contributed by atoms with Gasteiger partial charge in [0, 0.05) is 12.1 Å². The van der Waals surface area contributed by atoms with Gasteiger partial charge in [-0.05, 0) is 39.0 Å². The highest BCUT2D eigenvalue weighted by Gasteiger charge is 2.22. The summed E-state index contributed by atoms with van der Waals surface area (Å²) < 4.78 is 15.1. The summed E-state index contributed by atoms with van der Waals surface area (Å²) in [6, 6.07) is 10.2. The molecular weight excluding hydrogens is 500 g/mol. The van der Waals surface area contributed by atoms with E-state index in [-0.39, 0.29) is 6.61 Å². The molecule has 0 saturated heterocycles. The molecule has 0 fully saturated rings. The molecule has 0 amide bonds. The average Bonchev–Trinajstić information content (AvgIpc) is 3.46. The van der Waals surface area contributed by atoms with Crippen LogP contribution in [-0.4, -0.2) is 51.0 Å². The van der Waals surface area contributed by atoms with E-state index < -0.39 is 5.97 Å². The monoisotopic (exact) mass is 526 g/mol. The van der Waals surface area contributed by atoms with Gasteiger partial charge in [0.25, 0.3) is 0 Å².